The first kappa shape index (κ1) is 23.7. The number of halogens is 1. The predicted molar refractivity (Wildman–Crippen MR) is 135 cm³/mol. The fraction of sp³-hybridized carbons (Fsp3) is 0.0370. The Bertz CT molecular complexity index is 1400. The number of carbonyl (C=O) groups excluding carboxylic acids is 3. The van der Waals surface area contributed by atoms with E-state index < -0.39 is 11.9 Å². The Balaban J connectivity index is 1.25. The van der Waals surface area contributed by atoms with Crippen molar-refractivity contribution in [2.24, 2.45) is 5.10 Å². The highest BCUT2D eigenvalue weighted by molar-refractivity contribution is 6.30. The molecule has 0 radical (unpaired) electrons. The molecule has 0 saturated heterocycles. The third kappa shape index (κ3) is 6.31. The molecular weight excluding hydrogens is 466 g/mol. The van der Waals surface area contributed by atoms with Crippen LogP contribution in [0.15, 0.2) is 96.1 Å². The largest absolute Gasteiger partial charge is 0.423 e. The summed E-state index contributed by atoms with van der Waals surface area (Å²) in [5.74, 6) is -0.948. The summed E-state index contributed by atoms with van der Waals surface area (Å²) in [6.45, 7) is -0.223. The van der Waals surface area contributed by atoms with Crippen LogP contribution in [0.3, 0.4) is 0 Å². The van der Waals surface area contributed by atoms with Crippen LogP contribution in [0.5, 0.6) is 5.75 Å². The second-order valence-electron chi connectivity index (χ2n) is 7.47. The number of fused-ring (bicyclic) bond motifs is 1. The first-order valence-electron chi connectivity index (χ1n) is 10.7. The van der Waals surface area contributed by atoms with Gasteiger partial charge in [-0.25, -0.2) is 10.2 Å². The number of rotatable bonds is 7. The van der Waals surface area contributed by atoms with Crippen LogP contribution in [0.2, 0.25) is 5.02 Å². The maximum Gasteiger partial charge on any atom is 0.343 e. The van der Waals surface area contributed by atoms with E-state index in [4.69, 9.17) is 16.3 Å². The van der Waals surface area contributed by atoms with Crippen LogP contribution in [0, 0.1) is 0 Å². The molecule has 0 spiro atoms. The lowest BCUT2D eigenvalue weighted by atomic mass is 10.0. The lowest BCUT2D eigenvalue weighted by Gasteiger charge is -2.07. The topological polar surface area (TPSA) is 96.9 Å². The Hall–Kier alpha value is -4.49. The number of amides is 2. The molecule has 0 heterocycles. The van der Waals surface area contributed by atoms with Crippen LogP contribution in [-0.2, 0) is 4.79 Å². The van der Waals surface area contributed by atoms with Gasteiger partial charge in [0.05, 0.1) is 18.3 Å². The fourth-order valence-corrected chi connectivity index (χ4v) is 3.40. The van der Waals surface area contributed by atoms with E-state index in [2.05, 4.69) is 15.8 Å². The van der Waals surface area contributed by atoms with Crippen LogP contribution < -0.4 is 15.5 Å². The summed E-state index contributed by atoms with van der Waals surface area (Å²) in [4.78, 5) is 36.7. The number of nitrogens with one attached hydrogen (secondary N) is 2. The molecule has 4 aromatic rings. The van der Waals surface area contributed by atoms with E-state index in [1.54, 1.807) is 60.7 Å². The van der Waals surface area contributed by atoms with Crippen molar-refractivity contribution < 1.29 is 19.1 Å². The van der Waals surface area contributed by atoms with Crippen molar-refractivity contribution in [3.8, 4) is 5.75 Å². The maximum atomic E-state index is 12.5. The van der Waals surface area contributed by atoms with E-state index in [0.717, 1.165) is 10.8 Å². The fourth-order valence-electron chi connectivity index (χ4n) is 3.27. The lowest BCUT2D eigenvalue weighted by molar-refractivity contribution is -0.120. The minimum Gasteiger partial charge on any atom is -0.423 e. The quantitative estimate of drug-likeness (QED) is 0.173. The average Bonchev–Trinajstić information content (AvgIpc) is 2.88. The minimum absolute atomic E-state index is 0.223. The van der Waals surface area contributed by atoms with Crippen LogP contribution in [0.1, 0.15) is 26.3 Å². The molecule has 0 bridgehead atoms. The van der Waals surface area contributed by atoms with Crippen molar-refractivity contribution in [1.82, 2.24) is 10.7 Å². The van der Waals surface area contributed by atoms with Crippen molar-refractivity contribution in [1.29, 1.82) is 0 Å². The van der Waals surface area contributed by atoms with Crippen LogP contribution in [-0.4, -0.2) is 30.5 Å². The van der Waals surface area contributed by atoms with Gasteiger partial charge >= 0.3 is 5.97 Å². The standard InChI is InChI=1S/C27H20ClN3O4/c28-21-12-10-20(11-13-21)27(34)35-22-14-8-18(9-15-22)16-30-31-25(32)17-29-26(33)24-7-3-5-19-4-1-2-6-23(19)24/h1-16H,17H2,(H,29,33)(H,31,32). The van der Waals surface area contributed by atoms with Gasteiger partial charge in [-0.15, -0.1) is 0 Å². The van der Waals surface area contributed by atoms with Gasteiger partial charge in [-0.3, -0.25) is 9.59 Å². The molecule has 0 atom stereocenters. The first-order valence-corrected chi connectivity index (χ1v) is 11.0. The molecular formula is C27H20ClN3O4. The van der Waals surface area contributed by atoms with Gasteiger partial charge < -0.3 is 10.1 Å². The number of hydrogen-bond donors (Lipinski definition) is 2. The average molecular weight is 486 g/mol. The van der Waals surface area contributed by atoms with Gasteiger partial charge in [0.15, 0.2) is 0 Å². The van der Waals surface area contributed by atoms with Crippen molar-refractivity contribution in [2.45, 2.75) is 0 Å². The van der Waals surface area contributed by atoms with E-state index in [1.807, 2.05) is 30.3 Å². The number of nitrogens with zero attached hydrogens (tertiary/aromatic N) is 1. The van der Waals surface area contributed by atoms with Gasteiger partial charge in [-0.2, -0.15) is 5.10 Å². The summed E-state index contributed by atoms with van der Waals surface area (Å²) in [5, 5.41) is 8.78. The van der Waals surface area contributed by atoms with E-state index in [0.29, 0.717) is 27.5 Å². The number of ether oxygens (including phenoxy) is 1. The van der Waals surface area contributed by atoms with Crippen molar-refractivity contribution in [2.75, 3.05) is 6.54 Å². The molecule has 2 N–H and O–H groups in total. The Kier molecular flexibility index (Phi) is 7.50. The molecule has 8 heteroatoms. The van der Waals surface area contributed by atoms with E-state index in [-0.39, 0.29) is 12.5 Å². The van der Waals surface area contributed by atoms with Gasteiger partial charge in [-0.05, 0) is 70.9 Å². The molecule has 35 heavy (non-hydrogen) atoms. The third-order valence-electron chi connectivity index (χ3n) is 5.02. The Labute approximate surface area is 206 Å². The molecule has 7 nitrogen and oxygen atoms in total. The summed E-state index contributed by atoms with van der Waals surface area (Å²) >= 11 is 5.82. The SMILES string of the molecule is O=C(CNC(=O)c1cccc2ccccc12)NN=Cc1ccc(OC(=O)c2ccc(Cl)cc2)cc1. The Morgan fingerprint density at radius 1 is 0.857 bits per heavy atom. The molecule has 0 aromatic heterocycles. The number of hydrazone groups is 1. The minimum atomic E-state index is -0.499. The number of carbonyl (C=O) groups is 3. The van der Waals surface area contributed by atoms with Crippen molar-refractivity contribution in [3.05, 3.63) is 113 Å². The summed E-state index contributed by atoms with van der Waals surface area (Å²) in [5.41, 5.74) is 3.93. The van der Waals surface area contributed by atoms with E-state index in [1.165, 1.54) is 6.21 Å². The normalized spacial score (nSPS) is 10.8. The van der Waals surface area contributed by atoms with Crippen molar-refractivity contribution in [3.63, 3.8) is 0 Å². The molecule has 0 aliphatic heterocycles. The zero-order valence-electron chi connectivity index (χ0n) is 18.4. The molecule has 4 rings (SSSR count). The highest BCUT2D eigenvalue weighted by Crippen LogP contribution is 2.18. The summed E-state index contributed by atoms with van der Waals surface area (Å²) < 4.78 is 5.32. The number of hydrogen-bond acceptors (Lipinski definition) is 5. The van der Waals surface area contributed by atoms with Gasteiger partial charge in [0.2, 0.25) is 0 Å². The zero-order chi connectivity index (χ0) is 24.6. The van der Waals surface area contributed by atoms with Crippen LogP contribution in [0.25, 0.3) is 10.8 Å². The summed E-state index contributed by atoms with van der Waals surface area (Å²) in [7, 11) is 0. The second kappa shape index (κ2) is 11.1. The smallest absolute Gasteiger partial charge is 0.343 e. The molecule has 0 fully saturated rings. The highest BCUT2D eigenvalue weighted by atomic mass is 35.5. The van der Waals surface area contributed by atoms with Crippen molar-refractivity contribution >= 4 is 46.4 Å². The van der Waals surface area contributed by atoms with Gasteiger partial charge in [-0.1, -0.05) is 48.0 Å². The number of benzene rings is 4. The van der Waals surface area contributed by atoms with Crippen LogP contribution in [0.4, 0.5) is 0 Å². The Morgan fingerprint density at radius 2 is 1.57 bits per heavy atom. The maximum absolute atomic E-state index is 12.5. The van der Waals surface area contributed by atoms with Gasteiger partial charge in [0.1, 0.15) is 5.75 Å². The highest BCUT2D eigenvalue weighted by Gasteiger charge is 2.11. The summed E-state index contributed by atoms with van der Waals surface area (Å²) in [6.07, 6.45) is 1.44. The predicted octanol–water partition coefficient (Wildman–Crippen LogP) is 4.59. The molecule has 174 valence electrons. The van der Waals surface area contributed by atoms with Gasteiger partial charge in [0.25, 0.3) is 11.8 Å². The molecule has 2 amide bonds. The molecule has 4 aromatic carbocycles. The van der Waals surface area contributed by atoms with E-state index >= 15 is 0 Å². The molecule has 0 aliphatic rings. The summed E-state index contributed by atoms with van der Waals surface area (Å²) in [6, 6.07) is 25.9. The van der Waals surface area contributed by atoms with Crippen LogP contribution >= 0.6 is 11.6 Å². The molecule has 0 unspecified atom stereocenters. The second-order valence-corrected chi connectivity index (χ2v) is 7.90. The lowest BCUT2D eigenvalue weighted by Crippen LogP contribution is -2.35. The Morgan fingerprint density at radius 3 is 2.34 bits per heavy atom. The molecule has 0 aliphatic carbocycles. The number of esters is 1. The molecule has 0 saturated carbocycles. The van der Waals surface area contributed by atoms with E-state index in [9.17, 15) is 14.4 Å². The monoisotopic (exact) mass is 485 g/mol. The third-order valence-corrected chi connectivity index (χ3v) is 5.27. The zero-order valence-corrected chi connectivity index (χ0v) is 19.2. The first-order chi connectivity index (χ1) is 17.0. The van der Waals surface area contributed by atoms with Gasteiger partial charge in [0, 0.05) is 10.6 Å².